The lowest BCUT2D eigenvalue weighted by Crippen LogP contribution is -2.19. The van der Waals surface area contributed by atoms with E-state index < -0.39 is 35.9 Å². The third kappa shape index (κ3) is 4.21. The van der Waals surface area contributed by atoms with Gasteiger partial charge in [0.15, 0.2) is 6.61 Å². The van der Waals surface area contributed by atoms with Crippen molar-refractivity contribution in [3.05, 3.63) is 59.9 Å². The van der Waals surface area contributed by atoms with Gasteiger partial charge in [0.2, 0.25) is 0 Å². The average Bonchev–Trinajstić information content (AvgIpc) is 2.46. The highest BCUT2D eigenvalue weighted by molar-refractivity contribution is 5.74. The van der Waals surface area contributed by atoms with Crippen molar-refractivity contribution in [1.29, 1.82) is 0 Å². The third-order valence-electron chi connectivity index (χ3n) is 2.59. The van der Waals surface area contributed by atoms with E-state index >= 15 is 0 Å². The van der Waals surface area contributed by atoms with Gasteiger partial charge in [0.1, 0.15) is 17.3 Å². The summed E-state index contributed by atoms with van der Waals surface area (Å²) in [4.78, 5) is 11.5. The average molecular weight is 314 g/mol. The van der Waals surface area contributed by atoms with Gasteiger partial charge >= 0.3 is 12.1 Å². The Balaban J connectivity index is 1.99. The maximum absolute atomic E-state index is 12.7. The lowest BCUT2D eigenvalue weighted by atomic mass is 10.2. The Bertz CT molecular complexity index is 651. The highest BCUT2D eigenvalue weighted by Crippen LogP contribution is 2.35. The van der Waals surface area contributed by atoms with Crippen molar-refractivity contribution in [3.8, 4) is 11.5 Å². The Labute approximate surface area is 123 Å². The fourth-order valence-electron chi connectivity index (χ4n) is 1.62. The molecule has 116 valence electrons. The Morgan fingerprint density at radius 3 is 2.27 bits per heavy atom. The minimum Gasteiger partial charge on any atom is -0.482 e. The normalized spacial score (nSPS) is 11.1. The largest absolute Gasteiger partial charge is 0.482 e. The van der Waals surface area contributed by atoms with E-state index in [-0.39, 0.29) is 5.75 Å². The highest BCUT2D eigenvalue weighted by Gasteiger charge is 2.34. The number of carbonyl (C=O) groups excluding carboxylic acids is 1. The molecule has 0 spiro atoms. The lowest BCUT2D eigenvalue weighted by Gasteiger charge is -2.12. The molecule has 0 saturated carbocycles. The van der Waals surface area contributed by atoms with Gasteiger partial charge in [-0.05, 0) is 36.4 Å². The number of para-hydroxylation sites is 1. The fraction of sp³-hybridized carbons (Fsp3) is 0.133. The van der Waals surface area contributed by atoms with Gasteiger partial charge in [-0.2, -0.15) is 13.2 Å². The summed E-state index contributed by atoms with van der Waals surface area (Å²) in [6.45, 7) is -0.599. The van der Waals surface area contributed by atoms with Crippen LogP contribution in [0.3, 0.4) is 0 Å². The summed E-state index contributed by atoms with van der Waals surface area (Å²) in [6.07, 6.45) is -4.63. The van der Waals surface area contributed by atoms with Crippen LogP contribution in [0.15, 0.2) is 48.5 Å². The van der Waals surface area contributed by atoms with Crippen molar-refractivity contribution >= 4 is 5.97 Å². The monoisotopic (exact) mass is 314 g/mol. The van der Waals surface area contributed by atoms with Gasteiger partial charge in [0.25, 0.3) is 0 Å². The number of esters is 1. The van der Waals surface area contributed by atoms with Crippen LogP contribution in [-0.2, 0) is 11.0 Å². The zero-order chi connectivity index (χ0) is 16.2. The Morgan fingerprint density at radius 1 is 1.00 bits per heavy atom. The molecule has 0 aliphatic heterocycles. The van der Waals surface area contributed by atoms with Gasteiger partial charge in [-0.1, -0.05) is 12.1 Å². The van der Waals surface area contributed by atoms with Crippen molar-refractivity contribution < 1.29 is 31.8 Å². The topological polar surface area (TPSA) is 35.5 Å². The predicted molar refractivity (Wildman–Crippen MR) is 69.0 cm³/mol. The molecule has 0 unspecified atom stereocenters. The molecule has 0 fully saturated rings. The van der Waals surface area contributed by atoms with Crippen LogP contribution in [-0.4, -0.2) is 12.6 Å². The minimum atomic E-state index is -4.63. The van der Waals surface area contributed by atoms with Crippen LogP contribution in [0.2, 0.25) is 0 Å². The van der Waals surface area contributed by atoms with Gasteiger partial charge in [-0.25, -0.2) is 9.18 Å². The number of alkyl halides is 3. The second kappa shape index (κ2) is 6.46. The number of rotatable bonds is 4. The van der Waals surface area contributed by atoms with Gasteiger partial charge in [0, 0.05) is 0 Å². The van der Waals surface area contributed by atoms with Crippen molar-refractivity contribution in [2.75, 3.05) is 6.61 Å². The van der Waals surface area contributed by atoms with Gasteiger partial charge in [-0.15, -0.1) is 0 Å². The van der Waals surface area contributed by atoms with Crippen LogP contribution in [0.1, 0.15) is 5.56 Å². The molecule has 0 aliphatic rings. The summed E-state index contributed by atoms with van der Waals surface area (Å²) in [7, 11) is 0. The first-order chi connectivity index (χ1) is 10.4. The number of carbonyl (C=O) groups is 1. The predicted octanol–water partition coefficient (Wildman–Crippen LogP) is 3.83. The van der Waals surface area contributed by atoms with Gasteiger partial charge < -0.3 is 9.47 Å². The van der Waals surface area contributed by atoms with E-state index in [2.05, 4.69) is 4.74 Å². The smallest absolute Gasteiger partial charge is 0.419 e. The molecule has 2 aromatic rings. The quantitative estimate of drug-likeness (QED) is 0.489. The van der Waals surface area contributed by atoms with Crippen LogP contribution in [0.5, 0.6) is 11.5 Å². The first-order valence-corrected chi connectivity index (χ1v) is 6.11. The third-order valence-corrected chi connectivity index (χ3v) is 2.59. The maximum Gasteiger partial charge on any atom is 0.419 e. The molecule has 3 nitrogen and oxygen atoms in total. The molecule has 0 atom stereocenters. The molecule has 7 heteroatoms. The summed E-state index contributed by atoms with van der Waals surface area (Å²) in [5.74, 6) is -1.87. The summed E-state index contributed by atoms with van der Waals surface area (Å²) < 4.78 is 60.5. The van der Waals surface area contributed by atoms with E-state index in [1.165, 1.54) is 24.3 Å². The second-order valence-electron chi connectivity index (χ2n) is 4.21. The van der Waals surface area contributed by atoms with Crippen molar-refractivity contribution in [2.24, 2.45) is 0 Å². The second-order valence-corrected chi connectivity index (χ2v) is 4.21. The Morgan fingerprint density at radius 2 is 1.64 bits per heavy atom. The molecule has 0 heterocycles. The number of halogens is 4. The number of hydrogen-bond donors (Lipinski definition) is 0. The first kappa shape index (κ1) is 15.8. The molecule has 0 radical (unpaired) electrons. The van der Waals surface area contributed by atoms with E-state index in [9.17, 15) is 22.4 Å². The van der Waals surface area contributed by atoms with Crippen LogP contribution < -0.4 is 9.47 Å². The maximum atomic E-state index is 12.7. The molecule has 0 N–H and O–H groups in total. The minimum absolute atomic E-state index is 0.197. The molecule has 2 aromatic carbocycles. The van der Waals surface area contributed by atoms with E-state index in [0.717, 1.165) is 24.3 Å². The van der Waals surface area contributed by atoms with Crippen LogP contribution in [0.4, 0.5) is 17.6 Å². The lowest BCUT2D eigenvalue weighted by molar-refractivity contribution is -0.143. The molecule has 0 aliphatic carbocycles. The zero-order valence-electron chi connectivity index (χ0n) is 11.1. The molecule has 0 bridgehead atoms. The molecule has 2 rings (SSSR count). The van der Waals surface area contributed by atoms with E-state index in [1.54, 1.807) is 0 Å². The Kier molecular flexibility index (Phi) is 4.65. The summed E-state index contributed by atoms with van der Waals surface area (Å²) in [5.41, 5.74) is -1.05. The number of benzene rings is 2. The van der Waals surface area contributed by atoms with Gasteiger partial charge in [-0.3, -0.25) is 0 Å². The van der Waals surface area contributed by atoms with Crippen LogP contribution >= 0.6 is 0 Å². The highest BCUT2D eigenvalue weighted by atomic mass is 19.4. The van der Waals surface area contributed by atoms with E-state index in [4.69, 9.17) is 4.74 Å². The summed E-state index contributed by atoms with van der Waals surface area (Å²) in [6, 6.07) is 9.17. The van der Waals surface area contributed by atoms with Crippen molar-refractivity contribution in [3.63, 3.8) is 0 Å². The van der Waals surface area contributed by atoms with Crippen LogP contribution in [0.25, 0.3) is 0 Å². The zero-order valence-corrected chi connectivity index (χ0v) is 11.1. The first-order valence-electron chi connectivity index (χ1n) is 6.11. The Hall–Kier alpha value is -2.57. The van der Waals surface area contributed by atoms with Crippen molar-refractivity contribution in [1.82, 2.24) is 0 Å². The van der Waals surface area contributed by atoms with Crippen LogP contribution in [0, 0.1) is 5.82 Å². The SMILES string of the molecule is O=C(COc1ccc(F)cc1)Oc1ccccc1C(F)(F)F. The molecule has 0 amide bonds. The van der Waals surface area contributed by atoms with E-state index in [0.29, 0.717) is 0 Å². The molecule has 0 saturated heterocycles. The van der Waals surface area contributed by atoms with Gasteiger partial charge in [0.05, 0.1) is 5.56 Å². The summed E-state index contributed by atoms with van der Waals surface area (Å²) in [5, 5.41) is 0. The standard InChI is InChI=1S/C15H10F4O3/c16-10-5-7-11(8-6-10)21-9-14(20)22-13-4-2-1-3-12(13)15(17,18)19/h1-8H,9H2. The molecular weight excluding hydrogens is 304 g/mol. The van der Waals surface area contributed by atoms with Crippen molar-refractivity contribution in [2.45, 2.75) is 6.18 Å². The van der Waals surface area contributed by atoms with E-state index in [1.807, 2.05) is 0 Å². The fourth-order valence-corrected chi connectivity index (χ4v) is 1.62. The molecular formula is C15H10F4O3. The number of ether oxygens (including phenoxy) is 2. The molecule has 0 aromatic heterocycles. The number of hydrogen-bond acceptors (Lipinski definition) is 3. The molecule has 22 heavy (non-hydrogen) atoms. The summed E-state index contributed by atoms with van der Waals surface area (Å²) >= 11 is 0.